The summed E-state index contributed by atoms with van der Waals surface area (Å²) in [6.07, 6.45) is 1.51. The van der Waals surface area contributed by atoms with Crippen LogP contribution in [-0.2, 0) is 6.42 Å². The van der Waals surface area contributed by atoms with Crippen molar-refractivity contribution >= 4 is 17.4 Å². The van der Waals surface area contributed by atoms with Gasteiger partial charge in [0.2, 0.25) is 0 Å². The molecule has 0 fully saturated rings. The summed E-state index contributed by atoms with van der Waals surface area (Å²) >= 11 is 5.46. The van der Waals surface area contributed by atoms with Crippen molar-refractivity contribution in [2.75, 3.05) is 5.88 Å². The lowest BCUT2D eigenvalue weighted by Crippen LogP contribution is -1.91. The molecule has 1 aliphatic rings. The number of Topliss-reactive ketones (excluding diaryl/α,β-unsaturated/α-hetero) is 1. The molecule has 1 aromatic rings. The first-order chi connectivity index (χ1) is 6.81. The second-order valence-corrected chi connectivity index (χ2v) is 3.50. The second kappa shape index (κ2) is 3.86. The van der Waals surface area contributed by atoms with Crippen molar-refractivity contribution in [2.24, 2.45) is 0 Å². The van der Waals surface area contributed by atoms with Crippen LogP contribution in [0.3, 0.4) is 0 Å². The standard InChI is InChI=1S/C12H9ClO/c13-7-1-2-9-3-4-10-5-6-12(14)11(10)8-9/h3-4,8H,5-7H2. The number of carbonyl (C=O) groups excluding carboxylic acids is 1. The van der Waals surface area contributed by atoms with Gasteiger partial charge >= 0.3 is 0 Å². The van der Waals surface area contributed by atoms with Crippen molar-refractivity contribution in [1.82, 2.24) is 0 Å². The van der Waals surface area contributed by atoms with E-state index in [9.17, 15) is 4.79 Å². The van der Waals surface area contributed by atoms with Crippen molar-refractivity contribution in [1.29, 1.82) is 0 Å². The van der Waals surface area contributed by atoms with E-state index in [0.717, 1.165) is 23.1 Å². The van der Waals surface area contributed by atoms with Gasteiger partial charge in [0.1, 0.15) is 0 Å². The summed E-state index contributed by atoms with van der Waals surface area (Å²) in [7, 11) is 0. The van der Waals surface area contributed by atoms with Crippen molar-refractivity contribution in [2.45, 2.75) is 12.8 Å². The van der Waals surface area contributed by atoms with E-state index >= 15 is 0 Å². The Morgan fingerprint density at radius 3 is 3.00 bits per heavy atom. The lowest BCUT2D eigenvalue weighted by atomic mass is 10.1. The molecule has 0 saturated heterocycles. The lowest BCUT2D eigenvalue weighted by Gasteiger charge is -1.97. The van der Waals surface area contributed by atoms with Crippen molar-refractivity contribution in [3.05, 3.63) is 34.9 Å². The highest BCUT2D eigenvalue weighted by atomic mass is 35.5. The van der Waals surface area contributed by atoms with E-state index in [-0.39, 0.29) is 5.78 Å². The van der Waals surface area contributed by atoms with E-state index in [2.05, 4.69) is 11.8 Å². The second-order valence-electron chi connectivity index (χ2n) is 3.23. The summed E-state index contributed by atoms with van der Waals surface area (Å²) in [5, 5.41) is 0. The van der Waals surface area contributed by atoms with Crippen LogP contribution in [0.25, 0.3) is 0 Å². The molecule has 0 radical (unpaired) electrons. The Balaban J connectivity index is 2.39. The number of ketones is 1. The fourth-order valence-corrected chi connectivity index (χ4v) is 1.72. The number of alkyl halides is 1. The van der Waals surface area contributed by atoms with Crippen LogP contribution < -0.4 is 0 Å². The molecule has 1 aromatic carbocycles. The molecule has 0 heterocycles. The molecule has 0 spiro atoms. The first-order valence-corrected chi connectivity index (χ1v) is 5.05. The van der Waals surface area contributed by atoms with Gasteiger partial charge in [-0.15, -0.1) is 11.6 Å². The number of benzene rings is 1. The van der Waals surface area contributed by atoms with Crippen LogP contribution in [0.5, 0.6) is 0 Å². The molecule has 0 N–H and O–H groups in total. The molecule has 2 rings (SSSR count). The van der Waals surface area contributed by atoms with Gasteiger partial charge in [0.25, 0.3) is 0 Å². The van der Waals surface area contributed by atoms with Gasteiger partial charge in [-0.05, 0) is 24.1 Å². The molecule has 0 saturated carbocycles. The Morgan fingerprint density at radius 1 is 1.36 bits per heavy atom. The summed E-state index contributed by atoms with van der Waals surface area (Å²) in [6.45, 7) is 0. The van der Waals surface area contributed by atoms with Gasteiger partial charge in [-0.2, -0.15) is 0 Å². The van der Waals surface area contributed by atoms with Gasteiger partial charge in [-0.25, -0.2) is 0 Å². The predicted molar refractivity (Wildman–Crippen MR) is 56.7 cm³/mol. The highest BCUT2D eigenvalue weighted by Gasteiger charge is 2.18. The minimum Gasteiger partial charge on any atom is -0.294 e. The Bertz CT molecular complexity index is 437. The number of hydrogen-bond donors (Lipinski definition) is 0. The van der Waals surface area contributed by atoms with Crippen LogP contribution in [0.1, 0.15) is 27.9 Å². The third-order valence-electron chi connectivity index (χ3n) is 2.33. The van der Waals surface area contributed by atoms with E-state index < -0.39 is 0 Å². The number of carbonyl (C=O) groups is 1. The zero-order valence-electron chi connectivity index (χ0n) is 7.64. The first-order valence-electron chi connectivity index (χ1n) is 4.52. The zero-order valence-corrected chi connectivity index (χ0v) is 8.40. The van der Waals surface area contributed by atoms with E-state index in [4.69, 9.17) is 11.6 Å². The normalized spacial score (nSPS) is 13.4. The van der Waals surface area contributed by atoms with Crippen molar-refractivity contribution in [3.63, 3.8) is 0 Å². The van der Waals surface area contributed by atoms with Gasteiger partial charge in [-0.1, -0.05) is 17.9 Å². The lowest BCUT2D eigenvalue weighted by molar-refractivity contribution is 0.0994. The fourth-order valence-electron chi connectivity index (χ4n) is 1.65. The predicted octanol–water partition coefficient (Wildman–Crippen LogP) is 2.41. The quantitative estimate of drug-likeness (QED) is 0.469. The highest BCUT2D eigenvalue weighted by molar-refractivity contribution is 6.19. The molecule has 0 unspecified atom stereocenters. The SMILES string of the molecule is O=C1CCc2ccc(C#CCCl)cc21. The van der Waals surface area contributed by atoms with Crippen LogP contribution in [-0.4, -0.2) is 11.7 Å². The highest BCUT2D eigenvalue weighted by Crippen LogP contribution is 2.22. The third-order valence-corrected chi connectivity index (χ3v) is 2.46. The van der Waals surface area contributed by atoms with E-state index in [1.54, 1.807) is 0 Å². The number of aryl methyl sites for hydroxylation is 1. The summed E-state index contributed by atoms with van der Waals surface area (Å²) in [4.78, 5) is 11.4. The smallest absolute Gasteiger partial charge is 0.163 e. The van der Waals surface area contributed by atoms with Crippen LogP contribution in [0.2, 0.25) is 0 Å². The molecular weight excluding hydrogens is 196 g/mol. The van der Waals surface area contributed by atoms with Crippen molar-refractivity contribution in [3.8, 4) is 11.8 Å². The Kier molecular flexibility index (Phi) is 2.56. The van der Waals surface area contributed by atoms with Crippen LogP contribution in [0.4, 0.5) is 0 Å². The maximum Gasteiger partial charge on any atom is 0.163 e. The minimum atomic E-state index is 0.231. The number of hydrogen-bond acceptors (Lipinski definition) is 1. The molecule has 0 amide bonds. The number of halogens is 1. The van der Waals surface area contributed by atoms with Gasteiger partial charge < -0.3 is 0 Å². The first kappa shape index (κ1) is 9.30. The van der Waals surface area contributed by atoms with Crippen LogP contribution in [0, 0.1) is 11.8 Å². The summed E-state index contributed by atoms with van der Waals surface area (Å²) < 4.78 is 0. The molecule has 0 bridgehead atoms. The summed E-state index contributed by atoms with van der Waals surface area (Å²) in [5.74, 6) is 6.24. The fraction of sp³-hybridized carbons (Fsp3) is 0.250. The van der Waals surface area contributed by atoms with E-state index in [1.807, 2.05) is 18.2 Å². The Labute approximate surface area is 88.1 Å². The largest absolute Gasteiger partial charge is 0.294 e. The molecule has 1 aliphatic carbocycles. The van der Waals surface area contributed by atoms with Crippen LogP contribution >= 0.6 is 11.6 Å². The van der Waals surface area contributed by atoms with E-state index in [1.165, 1.54) is 0 Å². The van der Waals surface area contributed by atoms with Gasteiger partial charge in [0.15, 0.2) is 5.78 Å². The Hall–Kier alpha value is -1.26. The molecule has 0 atom stereocenters. The molecule has 70 valence electrons. The number of rotatable bonds is 0. The van der Waals surface area contributed by atoms with E-state index in [0.29, 0.717) is 12.3 Å². The molecule has 0 aromatic heterocycles. The number of fused-ring (bicyclic) bond motifs is 1. The maximum atomic E-state index is 11.4. The Morgan fingerprint density at radius 2 is 2.21 bits per heavy atom. The third kappa shape index (κ3) is 1.66. The molecular formula is C12H9ClO. The minimum absolute atomic E-state index is 0.231. The zero-order chi connectivity index (χ0) is 9.97. The molecule has 0 aliphatic heterocycles. The van der Waals surface area contributed by atoms with Gasteiger partial charge in [-0.3, -0.25) is 4.79 Å². The van der Waals surface area contributed by atoms with Gasteiger partial charge in [0.05, 0.1) is 5.88 Å². The average molecular weight is 205 g/mol. The average Bonchev–Trinajstić information content (AvgIpc) is 2.57. The van der Waals surface area contributed by atoms with Crippen LogP contribution in [0.15, 0.2) is 18.2 Å². The van der Waals surface area contributed by atoms with Crippen molar-refractivity contribution < 1.29 is 4.79 Å². The molecule has 2 heteroatoms. The van der Waals surface area contributed by atoms with Gasteiger partial charge in [0, 0.05) is 17.5 Å². The summed E-state index contributed by atoms with van der Waals surface area (Å²) in [5.41, 5.74) is 2.86. The monoisotopic (exact) mass is 204 g/mol. The topological polar surface area (TPSA) is 17.1 Å². The molecule has 1 nitrogen and oxygen atoms in total. The molecule has 14 heavy (non-hydrogen) atoms. The summed E-state index contributed by atoms with van der Waals surface area (Å²) in [6, 6.07) is 5.79. The maximum absolute atomic E-state index is 11.4.